The van der Waals surface area contributed by atoms with E-state index < -0.39 is 0 Å². The van der Waals surface area contributed by atoms with Crippen molar-refractivity contribution in [1.82, 2.24) is 0 Å². The van der Waals surface area contributed by atoms with E-state index in [4.69, 9.17) is 5.73 Å². The van der Waals surface area contributed by atoms with Crippen LogP contribution in [-0.4, -0.2) is 11.2 Å². The maximum Gasteiger partial charge on any atom is 0.0760 e. The molecule has 0 amide bonds. The molecule has 0 spiro atoms. The summed E-state index contributed by atoms with van der Waals surface area (Å²) in [6, 6.07) is 7.61. The summed E-state index contributed by atoms with van der Waals surface area (Å²) >= 11 is 3.38. The molecule has 0 unspecified atom stereocenters. The van der Waals surface area contributed by atoms with Gasteiger partial charge < -0.3 is 10.8 Å². The molecule has 4 heteroatoms. The molecule has 0 bridgehead atoms. The Morgan fingerprint density at radius 3 is 2.25 bits per heavy atom. The molecule has 1 fully saturated rings. The Labute approximate surface area is 111 Å². The van der Waals surface area contributed by atoms with Gasteiger partial charge in [0.05, 0.1) is 12.1 Å². The molecule has 2 rings (SSSR count). The van der Waals surface area contributed by atoms with Crippen LogP contribution >= 0.6 is 28.3 Å². The van der Waals surface area contributed by atoms with E-state index in [1.807, 2.05) is 24.3 Å². The van der Waals surface area contributed by atoms with Crippen molar-refractivity contribution < 1.29 is 5.11 Å². The molecule has 3 N–H and O–H groups in total. The van der Waals surface area contributed by atoms with E-state index in [1.165, 1.54) is 6.42 Å². The summed E-state index contributed by atoms with van der Waals surface area (Å²) in [5.74, 6) is 0.406. The average molecular weight is 307 g/mol. The minimum atomic E-state index is -0.389. The number of nitrogens with two attached hydrogens (primary N) is 1. The molecule has 1 aliphatic carbocycles. The first-order valence-electron chi connectivity index (χ1n) is 5.37. The van der Waals surface area contributed by atoms with Crippen molar-refractivity contribution in [3.63, 3.8) is 0 Å². The van der Waals surface area contributed by atoms with E-state index in [2.05, 4.69) is 15.9 Å². The molecular formula is C12H17BrClNO. The maximum absolute atomic E-state index is 10.0. The highest BCUT2D eigenvalue weighted by Crippen LogP contribution is 2.34. The quantitative estimate of drug-likeness (QED) is 0.901. The van der Waals surface area contributed by atoms with Gasteiger partial charge in [-0.3, -0.25) is 0 Å². The number of halogens is 2. The van der Waals surface area contributed by atoms with Crippen LogP contribution in [0.3, 0.4) is 0 Å². The Kier molecular flexibility index (Phi) is 5.25. The van der Waals surface area contributed by atoms with Gasteiger partial charge >= 0.3 is 0 Å². The van der Waals surface area contributed by atoms with Crippen molar-refractivity contribution in [2.75, 3.05) is 0 Å². The lowest BCUT2D eigenvalue weighted by molar-refractivity contribution is 0.0414. The zero-order chi connectivity index (χ0) is 10.8. The molecule has 0 aromatic heterocycles. The first kappa shape index (κ1) is 14.0. The van der Waals surface area contributed by atoms with E-state index >= 15 is 0 Å². The summed E-state index contributed by atoms with van der Waals surface area (Å²) in [5.41, 5.74) is 7.05. The van der Waals surface area contributed by atoms with Gasteiger partial charge in [-0.05, 0) is 36.5 Å². The maximum atomic E-state index is 10.0. The molecule has 1 aromatic carbocycles. The highest BCUT2D eigenvalue weighted by molar-refractivity contribution is 9.10. The molecular weight excluding hydrogens is 289 g/mol. The van der Waals surface area contributed by atoms with Gasteiger partial charge in [0.25, 0.3) is 0 Å². The Morgan fingerprint density at radius 2 is 1.81 bits per heavy atom. The molecule has 1 aromatic rings. The van der Waals surface area contributed by atoms with Crippen LogP contribution in [0.25, 0.3) is 0 Å². The smallest absolute Gasteiger partial charge is 0.0760 e. The fourth-order valence-corrected chi connectivity index (χ4v) is 2.22. The number of benzene rings is 1. The third-order valence-electron chi connectivity index (χ3n) is 3.26. The summed E-state index contributed by atoms with van der Waals surface area (Å²) in [4.78, 5) is 0. The lowest BCUT2D eigenvalue weighted by Crippen LogP contribution is -2.36. The standard InChI is InChI=1S/C12H16BrNO.ClH/c13-10-6-4-8(5-7-10)11(14)12(15)9-2-1-3-9;/h4-7,9,11-12,15H,1-3,14H2;1H/t11-,12+;/m1./s1. The average Bonchev–Trinajstić information content (AvgIpc) is 2.15. The Balaban J connectivity index is 0.00000128. The van der Waals surface area contributed by atoms with E-state index in [1.54, 1.807) is 0 Å². The SMILES string of the molecule is Cl.N[C@H](c1ccc(Br)cc1)[C@@H](O)C1CCC1. The predicted octanol–water partition coefficient (Wildman–Crippen LogP) is 3.03. The normalized spacial score (nSPS) is 19.4. The molecule has 2 atom stereocenters. The van der Waals surface area contributed by atoms with Gasteiger partial charge in [0.1, 0.15) is 0 Å². The van der Waals surface area contributed by atoms with Crippen LogP contribution in [0.1, 0.15) is 30.9 Å². The predicted molar refractivity (Wildman–Crippen MR) is 71.7 cm³/mol. The second kappa shape index (κ2) is 6.01. The van der Waals surface area contributed by atoms with Crippen LogP contribution in [-0.2, 0) is 0 Å². The van der Waals surface area contributed by atoms with E-state index in [9.17, 15) is 5.11 Å². The van der Waals surface area contributed by atoms with Gasteiger partial charge in [-0.2, -0.15) is 0 Å². The third kappa shape index (κ3) is 2.98. The van der Waals surface area contributed by atoms with Gasteiger partial charge in [-0.1, -0.05) is 34.5 Å². The van der Waals surface area contributed by atoms with Crippen molar-refractivity contribution in [3.8, 4) is 0 Å². The van der Waals surface area contributed by atoms with Crippen LogP contribution in [0.2, 0.25) is 0 Å². The second-order valence-electron chi connectivity index (χ2n) is 4.26. The Hall–Kier alpha value is -0.0900. The minimum Gasteiger partial charge on any atom is -0.391 e. The van der Waals surface area contributed by atoms with Crippen molar-refractivity contribution >= 4 is 28.3 Å². The van der Waals surface area contributed by atoms with Crippen molar-refractivity contribution in [1.29, 1.82) is 0 Å². The lowest BCUT2D eigenvalue weighted by Gasteiger charge is -2.33. The highest BCUT2D eigenvalue weighted by atomic mass is 79.9. The third-order valence-corrected chi connectivity index (χ3v) is 3.78. The van der Waals surface area contributed by atoms with Gasteiger partial charge in [0.15, 0.2) is 0 Å². The van der Waals surface area contributed by atoms with Crippen molar-refractivity contribution in [2.24, 2.45) is 11.7 Å². The van der Waals surface area contributed by atoms with Crippen LogP contribution in [0.15, 0.2) is 28.7 Å². The van der Waals surface area contributed by atoms with Gasteiger partial charge in [0, 0.05) is 4.47 Å². The van der Waals surface area contributed by atoms with Crippen LogP contribution in [0.5, 0.6) is 0 Å². The van der Waals surface area contributed by atoms with E-state index in [0.717, 1.165) is 22.9 Å². The molecule has 1 aliphatic rings. The summed E-state index contributed by atoms with van der Waals surface area (Å²) in [6.07, 6.45) is 3.07. The largest absolute Gasteiger partial charge is 0.391 e. The minimum absolute atomic E-state index is 0. The zero-order valence-electron chi connectivity index (χ0n) is 8.97. The van der Waals surface area contributed by atoms with Crippen LogP contribution in [0, 0.1) is 5.92 Å². The number of hydrogen-bond acceptors (Lipinski definition) is 2. The fourth-order valence-electron chi connectivity index (χ4n) is 1.96. The van der Waals surface area contributed by atoms with Crippen molar-refractivity contribution in [2.45, 2.75) is 31.4 Å². The summed E-state index contributed by atoms with van der Waals surface area (Å²) < 4.78 is 1.04. The van der Waals surface area contributed by atoms with E-state index in [-0.39, 0.29) is 24.6 Å². The molecule has 90 valence electrons. The molecule has 2 nitrogen and oxygen atoms in total. The molecule has 16 heavy (non-hydrogen) atoms. The van der Waals surface area contributed by atoms with Crippen molar-refractivity contribution in [3.05, 3.63) is 34.3 Å². The van der Waals surface area contributed by atoms with Gasteiger partial charge in [-0.25, -0.2) is 0 Å². The summed E-state index contributed by atoms with van der Waals surface area (Å²) in [6.45, 7) is 0. The molecule has 0 radical (unpaired) electrons. The Bertz CT molecular complexity index is 326. The lowest BCUT2D eigenvalue weighted by atomic mass is 9.77. The highest BCUT2D eigenvalue weighted by Gasteiger charge is 2.30. The molecule has 0 saturated heterocycles. The summed E-state index contributed by atoms with van der Waals surface area (Å²) in [5, 5.41) is 10.0. The van der Waals surface area contributed by atoms with Crippen LogP contribution in [0.4, 0.5) is 0 Å². The fraction of sp³-hybridized carbons (Fsp3) is 0.500. The molecule has 1 saturated carbocycles. The first-order valence-corrected chi connectivity index (χ1v) is 6.17. The number of rotatable bonds is 3. The van der Waals surface area contributed by atoms with Crippen LogP contribution < -0.4 is 5.73 Å². The number of aliphatic hydroxyl groups is 1. The zero-order valence-corrected chi connectivity index (χ0v) is 11.4. The molecule has 0 heterocycles. The molecule has 0 aliphatic heterocycles. The van der Waals surface area contributed by atoms with Gasteiger partial charge in [0.2, 0.25) is 0 Å². The number of aliphatic hydroxyl groups excluding tert-OH is 1. The van der Waals surface area contributed by atoms with Gasteiger partial charge in [-0.15, -0.1) is 12.4 Å². The topological polar surface area (TPSA) is 46.2 Å². The first-order chi connectivity index (χ1) is 7.18. The summed E-state index contributed by atoms with van der Waals surface area (Å²) in [7, 11) is 0. The second-order valence-corrected chi connectivity index (χ2v) is 5.17. The number of hydrogen-bond donors (Lipinski definition) is 2. The monoisotopic (exact) mass is 305 g/mol. The Morgan fingerprint density at radius 1 is 1.25 bits per heavy atom. The van der Waals surface area contributed by atoms with E-state index in [0.29, 0.717) is 5.92 Å².